The lowest BCUT2D eigenvalue weighted by molar-refractivity contribution is -0.140. The molecule has 0 saturated carbocycles. The van der Waals surface area contributed by atoms with Gasteiger partial charge in [-0.3, -0.25) is 13.9 Å². The number of nitrogens with one attached hydrogen (secondary N) is 1. The third-order valence-corrected chi connectivity index (χ3v) is 7.96. The van der Waals surface area contributed by atoms with Gasteiger partial charge in [0.25, 0.3) is 0 Å². The number of rotatable bonds is 12. The lowest BCUT2D eigenvalue weighted by atomic mass is 10.1. The number of carbonyl (C=O) groups is 2. The van der Waals surface area contributed by atoms with Gasteiger partial charge in [-0.1, -0.05) is 60.8 Å². The van der Waals surface area contributed by atoms with Crippen LogP contribution >= 0.6 is 34.8 Å². The summed E-state index contributed by atoms with van der Waals surface area (Å²) < 4.78 is 31.7. The summed E-state index contributed by atoms with van der Waals surface area (Å²) in [6.07, 6.45) is 1.98. The smallest absolute Gasteiger partial charge is 0.244 e. The Kier molecular flexibility index (Phi) is 11.4. The quantitative estimate of drug-likeness (QED) is 0.344. The van der Waals surface area contributed by atoms with Crippen LogP contribution in [-0.4, -0.2) is 57.1 Å². The molecule has 2 atom stereocenters. The van der Waals surface area contributed by atoms with Crippen molar-refractivity contribution in [2.45, 2.75) is 52.2 Å². The van der Waals surface area contributed by atoms with Gasteiger partial charge in [-0.05, 0) is 49.6 Å². The maximum absolute atomic E-state index is 13.8. The highest BCUT2D eigenvalue weighted by atomic mass is 35.5. The fourth-order valence-electron chi connectivity index (χ4n) is 3.63. The molecule has 8 nitrogen and oxygen atoms in total. The summed E-state index contributed by atoms with van der Waals surface area (Å²) in [5.41, 5.74) is 0.714. The molecule has 0 fully saturated rings. The van der Waals surface area contributed by atoms with Gasteiger partial charge in [-0.25, -0.2) is 8.42 Å². The van der Waals surface area contributed by atoms with Crippen LogP contribution < -0.4 is 14.4 Å². The van der Waals surface area contributed by atoms with E-state index < -0.39 is 28.5 Å². The second-order valence-corrected chi connectivity index (χ2v) is 11.7. The van der Waals surface area contributed by atoms with Crippen LogP contribution in [0.15, 0.2) is 36.4 Å². The normalized spacial score (nSPS) is 13.0. The van der Waals surface area contributed by atoms with Gasteiger partial charge >= 0.3 is 0 Å². The van der Waals surface area contributed by atoms with Crippen molar-refractivity contribution in [1.29, 1.82) is 0 Å². The number of sulfonamides is 1. The van der Waals surface area contributed by atoms with Crippen molar-refractivity contribution in [3.8, 4) is 5.75 Å². The average molecular weight is 593 g/mol. The molecule has 0 saturated heterocycles. The predicted octanol–water partition coefficient (Wildman–Crippen LogP) is 5.14. The maximum atomic E-state index is 13.8. The number of amides is 2. The van der Waals surface area contributed by atoms with Crippen molar-refractivity contribution in [3.63, 3.8) is 0 Å². The molecule has 0 unspecified atom stereocenters. The molecule has 0 radical (unpaired) electrons. The fraction of sp³-hybridized carbons (Fsp3) is 0.440. The van der Waals surface area contributed by atoms with Crippen LogP contribution in [0.25, 0.3) is 0 Å². The molecular weight excluding hydrogens is 561 g/mol. The van der Waals surface area contributed by atoms with Gasteiger partial charge in [-0.15, -0.1) is 0 Å². The summed E-state index contributed by atoms with van der Waals surface area (Å²) in [4.78, 5) is 28.3. The summed E-state index contributed by atoms with van der Waals surface area (Å²) in [5.74, 6) is -0.338. The van der Waals surface area contributed by atoms with E-state index in [4.69, 9.17) is 39.5 Å². The van der Waals surface area contributed by atoms with E-state index in [1.807, 2.05) is 13.8 Å². The topological polar surface area (TPSA) is 96.0 Å². The van der Waals surface area contributed by atoms with Crippen LogP contribution in [0.5, 0.6) is 5.75 Å². The van der Waals surface area contributed by atoms with Gasteiger partial charge in [-0.2, -0.15) is 0 Å². The Bertz CT molecular complexity index is 1230. The lowest BCUT2D eigenvalue weighted by Gasteiger charge is -2.33. The molecular formula is C25H32Cl3N3O5S. The highest BCUT2D eigenvalue weighted by Gasteiger charge is 2.33. The summed E-state index contributed by atoms with van der Waals surface area (Å²) in [5, 5.41) is 3.15. The Hall–Kier alpha value is -2.20. The average Bonchev–Trinajstić information content (AvgIpc) is 2.84. The number of anilines is 1. The first-order chi connectivity index (χ1) is 17.3. The molecule has 0 aliphatic heterocycles. The van der Waals surface area contributed by atoms with Gasteiger partial charge in [0, 0.05) is 12.6 Å². The number of hydrogen-bond acceptors (Lipinski definition) is 5. The number of benzene rings is 2. The van der Waals surface area contributed by atoms with Crippen LogP contribution in [0.1, 0.15) is 39.2 Å². The molecule has 0 aliphatic rings. The Labute approximate surface area is 233 Å². The number of ether oxygens (including phenoxy) is 1. The molecule has 0 spiro atoms. The largest absolute Gasteiger partial charge is 0.497 e. The van der Waals surface area contributed by atoms with Crippen LogP contribution in [0.3, 0.4) is 0 Å². The predicted molar refractivity (Wildman–Crippen MR) is 149 cm³/mol. The summed E-state index contributed by atoms with van der Waals surface area (Å²) in [7, 11) is -2.45. The molecule has 0 bridgehead atoms. The molecule has 0 aromatic heterocycles. The fourth-order valence-corrected chi connectivity index (χ4v) is 5.17. The van der Waals surface area contributed by atoms with Crippen molar-refractivity contribution < 1.29 is 22.7 Å². The van der Waals surface area contributed by atoms with E-state index in [1.165, 1.54) is 24.1 Å². The molecule has 37 heavy (non-hydrogen) atoms. The van der Waals surface area contributed by atoms with Crippen LogP contribution in [-0.2, 0) is 26.2 Å². The van der Waals surface area contributed by atoms with Gasteiger partial charge in [0.05, 0.1) is 34.1 Å². The summed E-state index contributed by atoms with van der Waals surface area (Å²) in [6.45, 7) is 5.05. The second kappa shape index (κ2) is 13.6. The SMILES string of the molecule is CC[C@@H](C)NC(=O)[C@@H](CC)N(Cc1cccc(OC)c1)C(=O)CN(c1cc(Cl)c(Cl)cc1Cl)S(C)(=O)=O. The molecule has 2 aromatic rings. The molecule has 0 aliphatic carbocycles. The second-order valence-electron chi connectivity index (χ2n) is 8.60. The van der Waals surface area contributed by atoms with Crippen LogP contribution in [0, 0.1) is 0 Å². The zero-order valence-electron chi connectivity index (χ0n) is 21.4. The first-order valence-electron chi connectivity index (χ1n) is 11.7. The van der Waals surface area contributed by atoms with E-state index in [1.54, 1.807) is 31.2 Å². The van der Waals surface area contributed by atoms with E-state index >= 15 is 0 Å². The van der Waals surface area contributed by atoms with Crippen LogP contribution in [0.4, 0.5) is 5.69 Å². The minimum absolute atomic E-state index is 0.00496. The number of hydrogen-bond donors (Lipinski definition) is 1. The monoisotopic (exact) mass is 591 g/mol. The van der Waals surface area contributed by atoms with E-state index in [9.17, 15) is 18.0 Å². The molecule has 12 heteroatoms. The molecule has 2 amide bonds. The van der Waals surface area contributed by atoms with Crippen molar-refractivity contribution in [2.75, 3.05) is 24.2 Å². The number of nitrogens with zero attached hydrogens (tertiary/aromatic N) is 2. The van der Waals surface area contributed by atoms with E-state index in [0.717, 1.165) is 10.6 Å². The molecule has 0 heterocycles. The van der Waals surface area contributed by atoms with E-state index in [2.05, 4.69) is 5.32 Å². The zero-order valence-corrected chi connectivity index (χ0v) is 24.5. The van der Waals surface area contributed by atoms with Gasteiger partial charge < -0.3 is 15.0 Å². The van der Waals surface area contributed by atoms with Crippen molar-refractivity contribution >= 4 is 62.3 Å². The first-order valence-corrected chi connectivity index (χ1v) is 14.7. The lowest BCUT2D eigenvalue weighted by Crippen LogP contribution is -2.53. The molecule has 2 aromatic carbocycles. The first kappa shape index (κ1) is 31.0. The Morgan fingerprint density at radius 3 is 2.24 bits per heavy atom. The number of halogens is 3. The third kappa shape index (κ3) is 8.40. The molecule has 204 valence electrons. The maximum Gasteiger partial charge on any atom is 0.244 e. The Morgan fingerprint density at radius 2 is 1.68 bits per heavy atom. The van der Waals surface area contributed by atoms with E-state index in [0.29, 0.717) is 24.2 Å². The summed E-state index contributed by atoms with van der Waals surface area (Å²) >= 11 is 18.4. The third-order valence-electron chi connectivity index (χ3n) is 5.81. The van der Waals surface area contributed by atoms with Gasteiger partial charge in [0.1, 0.15) is 18.3 Å². The van der Waals surface area contributed by atoms with Crippen molar-refractivity contribution in [1.82, 2.24) is 10.2 Å². The highest BCUT2D eigenvalue weighted by Crippen LogP contribution is 2.35. The summed E-state index contributed by atoms with van der Waals surface area (Å²) in [6, 6.07) is 8.74. The zero-order chi connectivity index (χ0) is 27.9. The minimum Gasteiger partial charge on any atom is -0.497 e. The Balaban J connectivity index is 2.52. The minimum atomic E-state index is -3.98. The van der Waals surface area contributed by atoms with Crippen molar-refractivity contribution in [2.24, 2.45) is 0 Å². The number of methoxy groups -OCH3 is 1. The Morgan fingerprint density at radius 1 is 1.03 bits per heavy atom. The molecule has 2 rings (SSSR count). The van der Waals surface area contributed by atoms with Crippen LogP contribution in [0.2, 0.25) is 15.1 Å². The molecule has 1 N–H and O–H groups in total. The van der Waals surface area contributed by atoms with Gasteiger partial charge in [0.15, 0.2) is 0 Å². The van der Waals surface area contributed by atoms with Crippen molar-refractivity contribution in [3.05, 3.63) is 57.0 Å². The number of carbonyl (C=O) groups excluding carboxylic acids is 2. The van der Waals surface area contributed by atoms with Gasteiger partial charge in [0.2, 0.25) is 21.8 Å². The van der Waals surface area contributed by atoms with E-state index in [-0.39, 0.29) is 39.2 Å². The standard InChI is InChI=1S/C25H32Cl3N3O5S/c1-6-16(3)29-25(33)22(7-2)30(14-17-9-8-10-18(11-17)36-4)24(32)15-31(37(5,34)35)23-13-20(27)19(26)12-21(23)28/h8-13,16,22H,6-7,14-15H2,1-5H3,(H,29,33)/t16-,22-/m1/s1. The highest BCUT2D eigenvalue weighted by molar-refractivity contribution is 7.92.